The first-order valence-corrected chi connectivity index (χ1v) is 3.60. The Bertz CT molecular complexity index is 526. The van der Waals surface area contributed by atoms with Crippen LogP contribution in [0.15, 0.2) is 15.8 Å². The van der Waals surface area contributed by atoms with Gasteiger partial charge in [-0.1, -0.05) is 0 Å². The fourth-order valence-electron chi connectivity index (χ4n) is 0.904. The van der Waals surface area contributed by atoms with Crippen LogP contribution in [0.5, 0.6) is 0 Å². The number of carbonyl (C=O) groups excluding carboxylic acids is 1. The summed E-state index contributed by atoms with van der Waals surface area (Å²) >= 11 is 0. The van der Waals surface area contributed by atoms with Gasteiger partial charge in [-0.3, -0.25) is 14.9 Å². The van der Waals surface area contributed by atoms with E-state index in [1.54, 1.807) is 0 Å². The third kappa shape index (κ3) is 2.07. The normalized spacial score (nSPS) is 9.87. The highest BCUT2D eigenvalue weighted by atomic mass is 16.6. The van der Waals surface area contributed by atoms with Gasteiger partial charge in [0.1, 0.15) is 0 Å². The van der Waals surface area contributed by atoms with Crippen molar-refractivity contribution in [2.24, 2.45) is 0 Å². The van der Waals surface area contributed by atoms with Crippen molar-refractivity contribution in [3.63, 3.8) is 0 Å². The van der Waals surface area contributed by atoms with Crippen LogP contribution in [0.25, 0.3) is 0 Å². The molecule has 0 aliphatic carbocycles. The summed E-state index contributed by atoms with van der Waals surface area (Å²) in [5.41, 5.74) is -3.24. The Kier molecular flexibility index (Phi) is 2.65. The molecule has 1 rings (SSSR count). The largest absolute Gasteiger partial charge is 0.548 e. The first kappa shape index (κ1) is 10.6. The monoisotopic (exact) mass is 214 g/mol. The molecule has 1 aromatic heterocycles. The minimum Gasteiger partial charge on any atom is -0.548 e. The average Bonchev–Trinajstić information content (AvgIpc) is 2.11. The maximum absolute atomic E-state index is 11.2. The predicted octanol–water partition coefficient (Wildman–Crippen LogP) is -2.81. The molecule has 9 nitrogen and oxygen atoms in total. The molecule has 80 valence electrons. The summed E-state index contributed by atoms with van der Waals surface area (Å²) in [6.07, 6.45) is 0.608. The molecule has 0 unspecified atom stereocenters. The maximum atomic E-state index is 11.2. The van der Waals surface area contributed by atoms with Gasteiger partial charge in [-0.25, -0.2) is 9.36 Å². The van der Waals surface area contributed by atoms with Crippen molar-refractivity contribution in [3.05, 3.63) is 37.1 Å². The number of carboxylic acid groups (broad SMARTS) is 1. The van der Waals surface area contributed by atoms with E-state index >= 15 is 0 Å². The Morgan fingerprint density at radius 1 is 1.53 bits per heavy atom. The van der Waals surface area contributed by atoms with Gasteiger partial charge in [0.2, 0.25) is 0 Å². The van der Waals surface area contributed by atoms with E-state index in [0.717, 1.165) is 0 Å². The smallest absolute Gasteiger partial charge is 0.350 e. The SMILES string of the molecule is O=C([O-])Cn1c(=O)[nH]cc([N+](=O)[O-])c1=O. The van der Waals surface area contributed by atoms with E-state index in [0.29, 0.717) is 6.20 Å². The molecule has 0 saturated heterocycles. The van der Waals surface area contributed by atoms with Crippen molar-refractivity contribution in [2.45, 2.75) is 6.54 Å². The van der Waals surface area contributed by atoms with Gasteiger partial charge in [-0.05, 0) is 0 Å². The second-order valence-electron chi connectivity index (χ2n) is 2.50. The molecule has 1 heterocycles. The van der Waals surface area contributed by atoms with Crippen LogP contribution in [0.2, 0.25) is 0 Å². The van der Waals surface area contributed by atoms with E-state index in [1.165, 1.54) is 0 Å². The predicted molar refractivity (Wildman–Crippen MR) is 43.0 cm³/mol. The van der Waals surface area contributed by atoms with Crippen LogP contribution in [0.3, 0.4) is 0 Å². The average molecular weight is 214 g/mol. The van der Waals surface area contributed by atoms with E-state index in [9.17, 15) is 29.6 Å². The summed E-state index contributed by atoms with van der Waals surface area (Å²) in [4.78, 5) is 43.4. The van der Waals surface area contributed by atoms with Crippen molar-refractivity contribution >= 4 is 11.7 Å². The summed E-state index contributed by atoms with van der Waals surface area (Å²) < 4.78 is 0.174. The van der Waals surface area contributed by atoms with Crippen molar-refractivity contribution in [1.82, 2.24) is 9.55 Å². The number of H-pyrrole nitrogens is 1. The van der Waals surface area contributed by atoms with Crippen LogP contribution >= 0.6 is 0 Å². The second kappa shape index (κ2) is 3.74. The summed E-state index contributed by atoms with van der Waals surface area (Å²) in [5, 5.41) is 20.4. The summed E-state index contributed by atoms with van der Waals surface area (Å²) in [6.45, 7) is -1.03. The number of nitrogens with one attached hydrogen (secondary N) is 1. The van der Waals surface area contributed by atoms with Gasteiger partial charge in [0.15, 0.2) is 0 Å². The highest BCUT2D eigenvalue weighted by molar-refractivity contribution is 5.64. The topological polar surface area (TPSA) is 138 Å². The summed E-state index contributed by atoms with van der Waals surface area (Å²) in [7, 11) is 0. The number of nitrogens with zero attached hydrogens (tertiary/aromatic N) is 2. The molecule has 0 spiro atoms. The minimum atomic E-state index is -1.69. The minimum absolute atomic E-state index is 0.174. The molecule has 0 aliphatic rings. The van der Waals surface area contributed by atoms with Gasteiger partial charge in [-0.2, -0.15) is 0 Å². The maximum Gasteiger partial charge on any atom is 0.350 e. The molecule has 0 atom stereocenters. The summed E-state index contributed by atoms with van der Waals surface area (Å²) in [5.74, 6) is -1.69. The van der Waals surface area contributed by atoms with Crippen LogP contribution in [-0.4, -0.2) is 20.4 Å². The van der Waals surface area contributed by atoms with Gasteiger partial charge in [0, 0.05) is 0 Å². The fraction of sp³-hybridized carbons (Fsp3) is 0.167. The van der Waals surface area contributed by atoms with E-state index < -0.39 is 34.4 Å². The number of hydrogen-bond acceptors (Lipinski definition) is 6. The zero-order valence-corrected chi connectivity index (χ0v) is 7.13. The molecule has 0 amide bonds. The number of nitro groups is 1. The Morgan fingerprint density at radius 3 is 2.60 bits per heavy atom. The van der Waals surface area contributed by atoms with E-state index in [1.807, 2.05) is 4.98 Å². The molecular formula is C6H4N3O6-. The molecular weight excluding hydrogens is 210 g/mol. The first-order valence-electron chi connectivity index (χ1n) is 3.60. The first-order chi connectivity index (χ1) is 6.93. The van der Waals surface area contributed by atoms with Crippen molar-refractivity contribution in [2.75, 3.05) is 0 Å². The number of aromatic amines is 1. The van der Waals surface area contributed by atoms with Crippen LogP contribution in [-0.2, 0) is 11.3 Å². The molecule has 0 fully saturated rings. The van der Waals surface area contributed by atoms with E-state index in [2.05, 4.69) is 0 Å². The van der Waals surface area contributed by atoms with Crippen LogP contribution in [0.4, 0.5) is 5.69 Å². The quantitative estimate of drug-likeness (QED) is 0.425. The van der Waals surface area contributed by atoms with Gasteiger partial charge in [-0.15, -0.1) is 0 Å². The Balaban J connectivity index is 3.44. The number of rotatable bonds is 3. The van der Waals surface area contributed by atoms with Crippen LogP contribution < -0.4 is 16.4 Å². The fourth-order valence-corrected chi connectivity index (χ4v) is 0.904. The van der Waals surface area contributed by atoms with Crippen molar-refractivity contribution in [1.29, 1.82) is 0 Å². The van der Waals surface area contributed by atoms with Crippen LogP contribution in [0.1, 0.15) is 0 Å². The van der Waals surface area contributed by atoms with Crippen molar-refractivity contribution < 1.29 is 14.8 Å². The molecule has 0 radical (unpaired) electrons. The number of carbonyl (C=O) groups is 1. The zero-order chi connectivity index (χ0) is 11.6. The molecule has 0 bridgehead atoms. The lowest BCUT2D eigenvalue weighted by molar-refractivity contribution is -0.386. The third-order valence-electron chi connectivity index (χ3n) is 1.53. The number of aliphatic carboxylic acids is 1. The van der Waals surface area contributed by atoms with E-state index in [-0.39, 0.29) is 4.57 Å². The van der Waals surface area contributed by atoms with Crippen molar-refractivity contribution in [3.8, 4) is 0 Å². The highest BCUT2D eigenvalue weighted by Crippen LogP contribution is 1.96. The Morgan fingerprint density at radius 2 is 2.13 bits per heavy atom. The Hall–Kier alpha value is -2.45. The zero-order valence-electron chi connectivity index (χ0n) is 7.13. The molecule has 0 aromatic carbocycles. The molecule has 0 aliphatic heterocycles. The molecule has 1 N–H and O–H groups in total. The molecule has 9 heteroatoms. The lowest BCUT2D eigenvalue weighted by atomic mass is 10.5. The molecule has 1 aromatic rings. The molecule has 15 heavy (non-hydrogen) atoms. The standard InChI is InChI=1S/C6H5N3O6/c10-4(11)2-8-5(12)3(9(14)15)1-7-6(8)13/h1H,2H2,(H,7,13)(H,10,11)/p-1. The van der Waals surface area contributed by atoms with Gasteiger partial charge >= 0.3 is 16.9 Å². The summed E-state index contributed by atoms with van der Waals surface area (Å²) in [6, 6.07) is 0. The molecule has 0 saturated carbocycles. The highest BCUT2D eigenvalue weighted by Gasteiger charge is 2.16. The third-order valence-corrected chi connectivity index (χ3v) is 1.53. The van der Waals surface area contributed by atoms with Gasteiger partial charge in [0.25, 0.3) is 0 Å². The number of aromatic nitrogens is 2. The van der Waals surface area contributed by atoms with Gasteiger partial charge in [0.05, 0.1) is 23.6 Å². The number of hydrogen-bond donors (Lipinski definition) is 1. The lowest BCUT2D eigenvalue weighted by Gasteiger charge is -2.03. The van der Waals surface area contributed by atoms with E-state index in [4.69, 9.17) is 0 Å². The Labute approximate surface area is 80.7 Å². The number of carboxylic acids is 1. The second-order valence-corrected chi connectivity index (χ2v) is 2.50. The van der Waals surface area contributed by atoms with Gasteiger partial charge < -0.3 is 14.9 Å². The van der Waals surface area contributed by atoms with Crippen LogP contribution in [0, 0.1) is 10.1 Å². The lowest BCUT2D eigenvalue weighted by Crippen LogP contribution is -2.41.